The summed E-state index contributed by atoms with van der Waals surface area (Å²) in [5.41, 5.74) is 3.37. The van der Waals surface area contributed by atoms with Crippen LogP contribution in [-0.4, -0.2) is 79.2 Å². The second-order valence-corrected chi connectivity index (χ2v) is 11.8. The molecular formula is C33H42N6O3. The maximum absolute atomic E-state index is 6.01. The van der Waals surface area contributed by atoms with Crippen LogP contribution in [0.4, 0.5) is 11.8 Å². The molecule has 2 aromatic heterocycles. The smallest absolute Gasteiger partial charge is 0.229 e. The van der Waals surface area contributed by atoms with Crippen LogP contribution in [0.3, 0.4) is 0 Å². The number of hydrogen-bond acceptors (Lipinski definition) is 9. The van der Waals surface area contributed by atoms with Gasteiger partial charge in [-0.3, -0.25) is 5.32 Å². The Balaban J connectivity index is 1.36. The van der Waals surface area contributed by atoms with Gasteiger partial charge in [-0.05, 0) is 57.0 Å². The van der Waals surface area contributed by atoms with E-state index in [2.05, 4.69) is 59.1 Å². The van der Waals surface area contributed by atoms with Crippen LogP contribution < -0.4 is 19.9 Å². The van der Waals surface area contributed by atoms with Crippen molar-refractivity contribution in [3.8, 4) is 29.4 Å². The number of methoxy groups -OCH3 is 1. The number of terminal acetylenes is 1. The molecule has 0 bridgehead atoms. The van der Waals surface area contributed by atoms with Crippen molar-refractivity contribution in [2.24, 2.45) is 0 Å². The van der Waals surface area contributed by atoms with Gasteiger partial charge in [0.1, 0.15) is 11.6 Å². The van der Waals surface area contributed by atoms with E-state index in [1.165, 1.54) is 6.42 Å². The van der Waals surface area contributed by atoms with Crippen molar-refractivity contribution in [3.05, 3.63) is 35.9 Å². The molecule has 42 heavy (non-hydrogen) atoms. The Morgan fingerprint density at radius 3 is 2.48 bits per heavy atom. The topological polar surface area (TPSA) is 84.9 Å². The van der Waals surface area contributed by atoms with Gasteiger partial charge < -0.3 is 24.0 Å². The molecule has 4 heterocycles. The Bertz CT molecular complexity index is 1430. The predicted octanol–water partition coefficient (Wildman–Crippen LogP) is 4.58. The molecule has 9 heteroatoms. The molecule has 1 aromatic carbocycles. The van der Waals surface area contributed by atoms with Crippen molar-refractivity contribution >= 4 is 22.8 Å². The number of nitrogens with zero attached hydrogens (tertiary/aromatic N) is 5. The number of anilines is 2. The summed E-state index contributed by atoms with van der Waals surface area (Å²) < 4.78 is 17.3. The van der Waals surface area contributed by atoms with E-state index in [0.29, 0.717) is 31.4 Å². The lowest BCUT2D eigenvalue weighted by molar-refractivity contribution is -0.00570. The summed E-state index contributed by atoms with van der Waals surface area (Å²) in [5.74, 6) is 5.51. The molecule has 6 rings (SSSR count). The van der Waals surface area contributed by atoms with Gasteiger partial charge in [0.25, 0.3) is 0 Å². The number of nitrogens with one attached hydrogen (secondary N) is 1. The SMILES string of the molecule is C#CC1(NCc2cc(-c3ccc4c(N5CCOCC5)nc(N5C[C@@H](C)O[C@@H](C)C5)nc4n3)ccc2OC)CCCCC1. The van der Waals surface area contributed by atoms with E-state index in [1.54, 1.807) is 7.11 Å². The zero-order valence-electron chi connectivity index (χ0n) is 25.1. The molecule has 1 saturated carbocycles. The van der Waals surface area contributed by atoms with Crippen LogP contribution in [-0.2, 0) is 16.0 Å². The second-order valence-electron chi connectivity index (χ2n) is 11.8. The maximum atomic E-state index is 6.01. The number of ether oxygens (including phenoxy) is 3. The minimum Gasteiger partial charge on any atom is -0.496 e. The van der Waals surface area contributed by atoms with Gasteiger partial charge in [-0.2, -0.15) is 9.97 Å². The number of rotatable bonds is 7. The van der Waals surface area contributed by atoms with Crippen LogP contribution >= 0.6 is 0 Å². The molecule has 3 fully saturated rings. The quantitative estimate of drug-likeness (QED) is 0.411. The number of benzene rings is 1. The zero-order valence-corrected chi connectivity index (χ0v) is 25.1. The number of hydrogen-bond donors (Lipinski definition) is 1. The fourth-order valence-corrected chi connectivity index (χ4v) is 6.51. The molecule has 0 radical (unpaired) electrons. The first-order valence-electron chi connectivity index (χ1n) is 15.3. The van der Waals surface area contributed by atoms with Crippen LogP contribution in [0.1, 0.15) is 51.5 Å². The molecule has 222 valence electrons. The Morgan fingerprint density at radius 2 is 1.76 bits per heavy atom. The highest BCUT2D eigenvalue weighted by Gasteiger charge is 2.30. The first-order chi connectivity index (χ1) is 20.5. The van der Waals surface area contributed by atoms with Gasteiger partial charge >= 0.3 is 0 Å². The Labute approximate surface area is 249 Å². The first kappa shape index (κ1) is 28.7. The summed E-state index contributed by atoms with van der Waals surface area (Å²) >= 11 is 0. The van der Waals surface area contributed by atoms with E-state index in [4.69, 9.17) is 35.6 Å². The summed E-state index contributed by atoms with van der Waals surface area (Å²) in [6.07, 6.45) is 11.8. The highest BCUT2D eigenvalue weighted by Crippen LogP contribution is 2.33. The number of aromatic nitrogens is 3. The summed E-state index contributed by atoms with van der Waals surface area (Å²) in [6.45, 7) is 9.25. The fraction of sp³-hybridized carbons (Fsp3) is 0.545. The van der Waals surface area contributed by atoms with Crippen molar-refractivity contribution in [1.29, 1.82) is 0 Å². The number of fused-ring (bicyclic) bond motifs is 1. The lowest BCUT2D eigenvalue weighted by Crippen LogP contribution is -2.46. The van der Waals surface area contributed by atoms with Gasteiger partial charge in [0.2, 0.25) is 5.95 Å². The average Bonchev–Trinajstić information content (AvgIpc) is 3.03. The van der Waals surface area contributed by atoms with Gasteiger partial charge in [0, 0.05) is 43.9 Å². The van der Waals surface area contributed by atoms with Gasteiger partial charge in [0.15, 0.2) is 5.65 Å². The van der Waals surface area contributed by atoms with Gasteiger partial charge in [-0.25, -0.2) is 4.98 Å². The average molecular weight is 571 g/mol. The predicted molar refractivity (Wildman–Crippen MR) is 166 cm³/mol. The highest BCUT2D eigenvalue weighted by atomic mass is 16.5. The number of morpholine rings is 2. The largest absolute Gasteiger partial charge is 0.496 e. The molecule has 3 aliphatic rings. The van der Waals surface area contributed by atoms with E-state index < -0.39 is 0 Å². The molecular weight excluding hydrogens is 528 g/mol. The molecule has 0 spiro atoms. The lowest BCUT2D eigenvalue weighted by Gasteiger charge is -2.36. The van der Waals surface area contributed by atoms with E-state index >= 15 is 0 Å². The van der Waals surface area contributed by atoms with Gasteiger partial charge in [-0.1, -0.05) is 25.2 Å². The summed E-state index contributed by atoms with van der Waals surface area (Å²) in [7, 11) is 1.71. The molecule has 2 aliphatic heterocycles. The minimum atomic E-state index is -0.252. The van der Waals surface area contributed by atoms with E-state index in [1.807, 2.05) is 6.07 Å². The van der Waals surface area contributed by atoms with Crippen LogP contribution in [0.5, 0.6) is 5.75 Å². The van der Waals surface area contributed by atoms with Crippen LogP contribution in [0.15, 0.2) is 30.3 Å². The van der Waals surface area contributed by atoms with Crippen molar-refractivity contribution in [1.82, 2.24) is 20.3 Å². The normalized spacial score (nSPS) is 22.6. The molecule has 1 aliphatic carbocycles. The summed E-state index contributed by atoms with van der Waals surface area (Å²) in [6, 6.07) is 10.4. The first-order valence-corrected chi connectivity index (χ1v) is 15.3. The minimum absolute atomic E-state index is 0.104. The molecule has 3 aromatic rings. The third kappa shape index (κ3) is 6.03. The van der Waals surface area contributed by atoms with Crippen molar-refractivity contribution in [2.45, 2.75) is 70.2 Å². The van der Waals surface area contributed by atoms with E-state index in [0.717, 1.165) is 85.6 Å². The Hall–Kier alpha value is -3.45. The van der Waals surface area contributed by atoms with Crippen LogP contribution in [0.25, 0.3) is 22.3 Å². The van der Waals surface area contributed by atoms with Crippen LogP contribution in [0.2, 0.25) is 0 Å². The molecule has 0 amide bonds. The monoisotopic (exact) mass is 570 g/mol. The Kier molecular flexibility index (Phi) is 8.48. The van der Waals surface area contributed by atoms with E-state index in [-0.39, 0.29) is 17.7 Å². The molecule has 2 atom stereocenters. The molecule has 1 N–H and O–H groups in total. The molecule has 9 nitrogen and oxygen atoms in total. The summed E-state index contributed by atoms with van der Waals surface area (Å²) in [4.78, 5) is 19.7. The standard InChI is InChI=1S/C33H42N6O3/c1-5-33(13-7-6-8-14-33)34-20-26-19-25(9-12-29(26)40-4)28-11-10-27-30(35-28)36-32(39-21-23(2)42-24(3)22-39)37-31(27)38-15-17-41-18-16-38/h1,9-12,19,23-24,34H,6-8,13-18,20-22H2,2-4H3/t23-,24+. The fourth-order valence-electron chi connectivity index (χ4n) is 6.51. The Morgan fingerprint density at radius 1 is 1.00 bits per heavy atom. The summed E-state index contributed by atoms with van der Waals surface area (Å²) in [5, 5.41) is 4.64. The number of pyridine rings is 1. The third-order valence-corrected chi connectivity index (χ3v) is 8.72. The van der Waals surface area contributed by atoms with Gasteiger partial charge in [0.05, 0.1) is 49.2 Å². The van der Waals surface area contributed by atoms with Crippen molar-refractivity contribution in [2.75, 3.05) is 56.3 Å². The van der Waals surface area contributed by atoms with E-state index in [9.17, 15) is 0 Å². The van der Waals surface area contributed by atoms with Crippen LogP contribution in [0, 0.1) is 12.3 Å². The maximum Gasteiger partial charge on any atom is 0.229 e. The van der Waals surface area contributed by atoms with Crippen molar-refractivity contribution in [3.63, 3.8) is 0 Å². The zero-order chi connectivity index (χ0) is 29.1. The third-order valence-electron chi connectivity index (χ3n) is 8.72. The molecule has 2 saturated heterocycles. The lowest BCUT2D eigenvalue weighted by atomic mass is 9.82. The highest BCUT2D eigenvalue weighted by molar-refractivity contribution is 5.90. The second kappa shape index (κ2) is 12.4. The molecule has 0 unspecified atom stereocenters. The van der Waals surface area contributed by atoms with Gasteiger partial charge in [-0.15, -0.1) is 6.42 Å². The van der Waals surface area contributed by atoms with Crippen molar-refractivity contribution < 1.29 is 14.2 Å².